The predicted molar refractivity (Wildman–Crippen MR) is 46.8 cm³/mol. The molecule has 1 aromatic carbocycles. The van der Waals surface area contributed by atoms with E-state index in [4.69, 9.17) is 10.4 Å². The van der Waals surface area contributed by atoms with Crippen molar-refractivity contribution in [2.24, 2.45) is 0 Å². The molecule has 0 aromatic heterocycles. The summed E-state index contributed by atoms with van der Waals surface area (Å²) < 4.78 is 0. The second-order valence-electron chi connectivity index (χ2n) is 2.54. The first kappa shape index (κ1) is 8.41. The van der Waals surface area contributed by atoms with Crippen molar-refractivity contribution in [3.8, 4) is 11.8 Å². The first-order chi connectivity index (χ1) is 5.72. The topological polar surface area (TPSA) is 56.0 Å². The molecular formula is C9H10N2O. The van der Waals surface area contributed by atoms with E-state index in [9.17, 15) is 0 Å². The Balaban J connectivity index is 2.66. The largest absolute Gasteiger partial charge is 0.508 e. The average molecular weight is 162 g/mol. The Morgan fingerprint density at radius 1 is 1.42 bits per heavy atom. The van der Waals surface area contributed by atoms with E-state index >= 15 is 0 Å². The van der Waals surface area contributed by atoms with Gasteiger partial charge in [-0.1, -0.05) is 0 Å². The number of hydrogen-bond donors (Lipinski definition) is 2. The van der Waals surface area contributed by atoms with E-state index in [2.05, 4.69) is 11.4 Å². The molecule has 0 aliphatic heterocycles. The molecule has 1 rings (SSSR count). The van der Waals surface area contributed by atoms with Gasteiger partial charge in [-0.15, -0.1) is 0 Å². The number of nitrogens with one attached hydrogen (secondary N) is 1. The van der Waals surface area contributed by atoms with Gasteiger partial charge in [0.15, 0.2) is 0 Å². The van der Waals surface area contributed by atoms with Crippen LogP contribution in [-0.4, -0.2) is 11.1 Å². The van der Waals surface area contributed by atoms with E-state index in [0.29, 0.717) is 0 Å². The molecule has 0 aliphatic carbocycles. The Bertz CT molecular complexity index is 286. The molecule has 0 saturated heterocycles. The number of nitriles is 1. The maximum absolute atomic E-state index is 8.96. The Labute approximate surface area is 71.3 Å². The molecule has 2 N–H and O–H groups in total. The predicted octanol–water partition coefficient (Wildman–Crippen LogP) is 1.72. The molecule has 0 fully saturated rings. The van der Waals surface area contributed by atoms with Gasteiger partial charge in [-0.2, -0.15) is 5.26 Å². The van der Waals surface area contributed by atoms with Crippen molar-refractivity contribution in [3.63, 3.8) is 0 Å². The summed E-state index contributed by atoms with van der Waals surface area (Å²) in [5.74, 6) is 0.227. The number of rotatable bonds is 2. The van der Waals surface area contributed by atoms with Gasteiger partial charge in [-0.05, 0) is 31.2 Å². The summed E-state index contributed by atoms with van der Waals surface area (Å²) in [7, 11) is 0. The molecule has 0 amide bonds. The smallest absolute Gasteiger partial charge is 0.115 e. The minimum Gasteiger partial charge on any atom is -0.508 e. The Kier molecular flexibility index (Phi) is 2.54. The number of benzene rings is 1. The van der Waals surface area contributed by atoms with Crippen LogP contribution in [0.3, 0.4) is 0 Å². The maximum Gasteiger partial charge on any atom is 0.115 e. The van der Waals surface area contributed by atoms with Gasteiger partial charge in [0.2, 0.25) is 0 Å². The number of phenolic OH excluding ortho intramolecular Hbond substituents is 1. The van der Waals surface area contributed by atoms with Crippen molar-refractivity contribution in [3.05, 3.63) is 24.3 Å². The van der Waals surface area contributed by atoms with Crippen LogP contribution in [0.4, 0.5) is 5.69 Å². The lowest BCUT2D eigenvalue weighted by atomic mass is 10.2. The number of aromatic hydroxyl groups is 1. The molecule has 12 heavy (non-hydrogen) atoms. The highest BCUT2D eigenvalue weighted by atomic mass is 16.3. The van der Waals surface area contributed by atoms with Crippen LogP contribution in [0.1, 0.15) is 6.92 Å². The normalized spacial score (nSPS) is 11.7. The van der Waals surface area contributed by atoms with Gasteiger partial charge in [-0.3, -0.25) is 0 Å². The molecule has 1 atom stereocenters. The standard InChI is InChI=1S/C9H10N2O/c1-7(6-10)11-8-2-4-9(12)5-3-8/h2-5,7,11-12H,1H3. The number of phenols is 1. The molecule has 0 bridgehead atoms. The molecular weight excluding hydrogens is 152 g/mol. The Morgan fingerprint density at radius 3 is 2.50 bits per heavy atom. The fourth-order valence-electron chi connectivity index (χ4n) is 0.840. The van der Waals surface area contributed by atoms with Crippen molar-refractivity contribution in [2.45, 2.75) is 13.0 Å². The zero-order valence-electron chi connectivity index (χ0n) is 6.78. The monoisotopic (exact) mass is 162 g/mol. The third kappa shape index (κ3) is 2.17. The second-order valence-corrected chi connectivity index (χ2v) is 2.54. The second kappa shape index (κ2) is 3.63. The first-order valence-corrected chi connectivity index (χ1v) is 3.67. The van der Waals surface area contributed by atoms with Crippen LogP contribution in [-0.2, 0) is 0 Å². The zero-order chi connectivity index (χ0) is 8.97. The lowest BCUT2D eigenvalue weighted by Crippen LogP contribution is -2.11. The highest BCUT2D eigenvalue weighted by molar-refractivity contribution is 5.47. The first-order valence-electron chi connectivity index (χ1n) is 3.67. The van der Waals surface area contributed by atoms with Crippen LogP contribution in [0.2, 0.25) is 0 Å². The summed E-state index contributed by atoms with van der Waals surface area (Å²) >= 11 is 0. The van der Waals surface area contributed by atoms with Gasteiger partial charge in [0.1, 0.15) is 11.8 Å². The Morgan fingerprint density at radius 2 is 2.00 bits per heavy atom. The van der Waals surface area contributed by atoms with E-state index in [-0.39, 0.29) is 11.8 Å². The van der Waals surface area contributed by atoms with Crippen LogP contribution in [0.25, 0.3) is 0 Å². The van der Waals surface area contributed by atoms with Gasteiger partial charge >= 0.3 is 0 Å². The third-order valence-electron chi connectivity index (χ3n) is 1.44. The van der Waals surface area contributed by atoms with E-state index in [1.54, 1.807) is 31.2 Å². The van der Waals surface area contributed by atoms with Crippen molar-refractivity contribution < 1.29 is 5.11 Å². The fraction of sp³-hybridized carbons (Fsp3) is 0.222. The van der Waals surface area contributed by atoms with Gasteiger partial charge in [0.25, 0.3) is 0 Å². The molecule has 0 spiro atoms. The maximum atomic E-state index is 8.96. The quantitative estimate of drug-likeness (QED) is 0.651. The van der Waals surface area contributed by atoms with Crippen molar-refractivity contribution in [1.82, 2.24) is 0 Å². The minimum atomic E-state index is -0.213. The van der Waals surface area contributed by atoms with Crippen molar-refractivity contribution >= 4 is 5.69 Å². The summed E-state index contributed by atoms with van der Waals surface area (Å²) in [6, 6.07) is 8.44. The molecule has 62 valence electrons. The van der Waals surface area contributed by atoms with Crippen LogP contribution in [0.5, 0.6) is 5.75 Å². The summed E-state index contributed by atoms with van der Waals surface area (Å²) in [4.78, 5) is 0. The molecule has 0 aliphatic rings. The summed E-state index contributed by atoms with van der Waals surface area (Å²) in [5.41, 5.74) is 0.835. The summed E-state index contributed by atoms with van der Waals surface area (Å²) in [5, 5.41) is 20.4. The van der Waals surface area contributed by atoms with Gasteiger partial charge in [0, 0.05) is 5.69 Å². The van der Waals surface area contributed by atoms with Crippen molar-refractivity contribution in [1.29, 1.82) is 5.26 Å². The molecule has 0 saturated carbocycles. The van der Waals surface area contributed by atoms with Gasteiger partial charge in [-0.25, -0.2) is 0 Å². The van der Waals surface area contributed by atoms with Crippen molar-refractivity contribution in [2.75, 3.05) is 5.32 Å². The number of hydrogen-bond acceptors (Lipinski definition) is 3. The third-order valence-corrected chi connectivity index (χ3v) is 1.44. The van der Waals surface area contributed by atoms with Crippen LogP contribution < -0.4 is 5.32 Å². The fourth-order valence-corrected chi connectivity index (χ4v) is 0.840. The van der Waals surface area contributed by atoms with E-state index in [1.165, 1.54) is 0 Å². The molecule has 1 aromatic rings. The summed E-state index contributed by atoms with van der Waals surface area (Å²) in [6.45, 7) is 1.77. The lowest BCUT2D eigenvalue weighted by molar-refractivity contribution is 0.475. The molecule has 0 heterocycles. The molecule has 3 heteroatoms. The zero-order valence-corrected chi connectivity index (χ0v) is 6.78. The van der Waals surface area contributed by atoms with E-state index in [0.717, 1.165) is 5.69 Å². The van der Waals surface area contributed by atoms with Gasteiger partial charge in [0.05, 0.1) is 6.07 Å². The highest BCUT2D eigenvalue weighted by Gasteiger charge is 1.97. The number of anilines is 1. The van der Waals surface area contributed by atoms with Gasteiger partial charge < -0.3 is 10.4 Å². The highest BCUT2D eigenvalue weighted by Crippen LogP contribution is 2.14. The Hall–Kier alpha value is -1.69. The van der Waals surface area contributed by atoms with E-state index in [1.807, 2.05) is 0 Å². The average Bonchev–Trinajstić information content (AvgIpc) is 2.09. The van der Waals surface area contributed by atoms with Crippen LogP contribution in [0, 0.1) is 11.3 Å². The molecule has 0 radical (unpaired) electrons. The lowest BCUT2D eigenvalue weighted by Gasteiger charge is -2.06. The van der Waals surface area contributed by atoms with Crippen LogP contribution >= 0.6 is 0 Å². The number of nitrogens with zero attached hydrogens (tertiary/aromatic N) is 1. The van der Waals surface area contributed by atoms with E-state index < -0.39 is 0 Å². The summed E-state index contributed by atoms with van der Waals surface area (Å²) in [6.07, 6.45) is 0. The SMILES string of the molecule is CC(C#N)Nc1ccc(O)cc1. The molecule has 3 nitrogen and oxygen atoms in total. The minimum absolute atomic E-state index is 0.213. The van der Waals surface area contributed by atoms with Crippen LogP contribution in [0.15, 0.2) is 24.3 Å². The molecule has 1 unspecified atom stereocenters.